The average molecular weight is 399 g/mol. The average Bonchev–Trinajstić information content (AvgIpc) is 2.72. The lowest BCUT2D eigenvalue weighted by Crippen LogP contribution is -1.92. The Morgan fingerprint density at radius 2 is 1.17 bits per heavy atom. The number of hydrogen-bond acceptors (Lipinski definition) is 0. The lowest BCUT2D eigenvalue weighted by atomic mass is 9.93. The summed E-state index contributed by atoms with van der Waals surface area (Å²) < 4.78 is 0. The standard InChI is InChI=1S/C29H50/c1-5-7-9-11-13-15-17-19-21-28(29-25-26(3)23-24-27(29)4)22-20-18-16-14-12-10-8-6-2/h21,23-25H,5-20,22H2,1-4H3/b28-21+. The Balaban J connectivity index is 2.44. The molecule has 0 atom stereocenters. The summed E-state index contributed by atoms with van der Waals surface area (Å²) in [4.78, 5) is 0. The summed E-state index contributed by atoms with van der Waals surface area (Å²) in [5.74, 6) is 0. The smallest absolute Gasteiger partial charge is 0.0196 e. The van der Waals surface area contributed by atoms with E-state index >= 15 is 0 Å². The molecule has 0 unspecified atom stereocenters. The van der Waals surface area contributed by atoms with Gasteiger partial charge in [0.2, 0.25) is 0 Å². The summed E-state index contributed by atoms with van der Waals surface area (Å²) in [6.07, 6.45) is 26.1. The van der Waals surface area contributed by atoms with Crippen molar-refractivity contribution in [3.05, 3.63) is 41.0 Å². The monoisotopic (exact) mass is 398 g/mol. The number of allylic oxidation sites excluding steroid dienone is 2. The molecule has 1 rings (SSSR count). The minimum atomic E-state index is 1.26. The second-order valence-electron chi connectivity index (χ2n) is 9.18. The highest BCUT2D eigenvalue weighted by molar-refractivity contribution is 5.68. The Hall–Kier alpha value is -1.04. The van der Waals surface area contributed by atoms with Gasteiger partial charge in [0.15, 0.2) is 0 Å². The molecule has 0 fully saturated rings. The second kappa shape index (κ2) is 17.8. The van der Waals surface area contributed by atoms with Gasteiger partial charge in [-0.3, -0.25) is 0 Å². The van der Waals surface area contributed by atoms with Crippen molar-refractivity contribution in [2.45, 2.75) is 137 Å². The summed E-state index contributed by atoms with van der Waals surface area (Å²) in [6, 6.07) is 6.97. The van der Waals surface area contributed by atoms with Gasteiger partial charge in [-0.1, -0.05) is 127 Å². The van der Waals surface area contributed by atoms with Gasteiger partial charge in [0, 0.05) is 0 Å². The van der Waals surface area contributed by atoms with Gasteiger partial charge >= 0.3 is 0 Å². The first-order chi connectivity index (χ1) is 14.2. The van der Waals surface area contributed by atoms with Crippen LogP contribution in [0.3, 0.4) is 0 Å². The first kappa shape index (κ1) is 26.0. The van der Waals surface area contributed by atoms with E-state index in [1.165, 1.54) is 126 Å². The number of benzene rings is 1. The van der Waals surface area contributed by atoms with Crippen LogP contribution in [0.5, 0.6) is 0 Å². The Labute approximate surface area is 183 Å². The molecule has 0 aromatic heterocycles. The Morgan fingerprint density at radius 1 is 0.655 bits per heavy atom. The van der Waals surface area contributed by atoms with Crippen LogP contribution in [0.15, 0.2) is 24.3 Å². The molecule has 1 aromatic carbocycles. The van der Waals surface area contributed by atoms with Gasteiger partial charge in [0.1, 0.15) is 0 Å². The summed E-state index contributed by atoms with van der Waals surface area (Å²) in [5, 5.41) is 0. The SMILES string of the molecule is CCCCCCCCC/C=C(\CCCCCCCCCC)c1cc(C)ccc1C. The zero-order chi connectivity index (χ0) is 21.2. The summed E-state index contributed by atoms with van der Waals surface area (Å²) in [6.45, 7) is 9.11. The maximum atomic E-state index is 2.58. The molecule has 0 spiro atoms. The Morgan fingerprint density at radius 3 is 1.76 bits per heavy atom. The maximum absolute atomic E-state index is 2.58. The van der Waals surface area contributed by atoms with Gasteiger partial charge in [0.05, 0.1) is 0 Å². The third kappa shape index (κ3) is 13.0. The van der Waals surface area contributed by atoms with Crippen LogP contribution < -0.4 is 0 Å². The molecule has 0 saturated carbocycles. The van der Waals surface area contributed by atoms with Crippen molar-refractivity contribution in [1.82, 2.24) is 0 Å². The fourth-order valence-electron chi connectivity index (χ4n) is 4.26. The van der Waals surface area contributed by atoms with Crippen molar-refractivity contribution in [2.75, 3.05) is 0 Å². The summed E-state index contributed by atoms with van der Waals surface area (Å²) in [5.41, 5.74) is 5.96. The quantitative estimate of drug-likeness (QED) is 0.216. The highest BCUT2D eigenvalue weighted by Crippen LogP contribution is 2.27. The molecule has 0 saturated heterocycles. The Bertz CT molecular complexity index is 537. The predicted octanol–water partition coefficient (Wildman–Crippen LogP) is 10.4. The van der Waals surface area contributed by atoms with Crippen LogP contribution >= 0.6 is 0 Å². The van der Waals surface area contributed by atoms with E-state index in [0.717, 1.165) is 0 Å². The number of hydrogen-bond donors (Lipinski definition) is 0. The summed E-state index contributed by atoms with van der Waals surface area (Å²) in [7, 11) is 0. The van der Waals surface area contributed by atoms with Gasteiger partial charge in [0.25, 0.3) is 0 Å². The lowest BCUT2D eigenvalue weighted by Gasteiger charge is -2.13. The van der Waals surface area contributed by atoms with Gasteiger partial charge in [-0.15, -0.1) is 0 Å². The zero-order valence-corrected chi connectivity index (χ0v) is 20.3. The molecule has 0 bridgehead atoms. The normalized spacial score (nSPS) is 11.9. The van der Waals surface area contributed by atoms with Crippen LogP contribution in [0.1, 0.15) is 140 Å². The molecule has 29 heavy (non-hydrogen) atoms. The van der Waals surface area contributed by atoms with E-state index in [1.807, 2.05) is 0 Å². The molecule has 1 aromatic rings. The molecule has 0 aliphatic heterocycles. The Kier molecular flexibility index (Phi) is 15.9. The second-order valence-corrected chi connectivity index (χ2v) is 9.18. The first-order valence-corrected chi connectivity index (χ1v) is 13.0. The third-order valence-corrected chi connectivity index (χ3v) is 6.24. The number of unbranched alkanes of at least 4 members (excludes halogenated alkanes) is 14. The van der Waals surface area contributed by atoms with E-state index in [9.17, 15) is 0 Å². The predicted molar refractivity (Wildman–Crippen MR) is 134 cm³/mol. The molecule has 0 heterocycles. The molecule has 166 valence electrons. The maximum Gasteiger partial charge on any atom is -0.0196 e. The molecule has 0 nitrogen and oxygen atoms in total. The van der Waals surface area contributed by atoms with Crippen LogP contribution in [-0.2, 0) is 0 Å². The van der Waals surface area contributed by atoms with Crippen molar-refractivity contribution >= 4 is 5.57 Å². The van der Waals surface area contributed by atoms with E-state index < -0.39 is 0 Å². The molecule has 0 amide bonds. The van der Waals surface area contributed by atoms with E-state index in [-0.39, 0.29) is 0 Å². The molecule has 0 N–H and O–H groups in total. The minimum absolute atomic E-state index is 1.26. The van der Waals surface area contributed by atoms with E-state index in [0.29, 0.717) is 0 Å². The topological polar surface area (TPSA) is 0 Å². The molecule has 0 aliphatic carbocycles. The number of rotatable bonds is 18. The molecule has 0 radical (unpaired) electrons. The van der Waals surface area contributed by atoms with E-state index in [1.54, 1.807) is 5.57 Å². The van der Waals surface area contributed by atoms with Crippen LogP contribution in [0.4, 0.5) is 0 Å². The fraction of sp³-hybridized carbons (Fsp3) is 0.724. The van der Waals surface area contributed by atoms with Crippen molar-refractivity contribution in [2.24, 2.45) is 0 Å². The molecule has 0 aliphatic rings. The highest BCUT2D eigenvalue weighted by atomic mass is 14.1. The van der Waals surface area contributed by atoms with Gasteiger partial charge < -0.3 is 0 Å². The minimum Gasteiger partial charge on any atom is -0.0807 e. The zero-order valence-electron chi connectivity index (χ0n) is 20.3. The van der Waals surface area contributed by atoms with Crippen LogP contribution in [0.2, 0.25) is 0 Å². The largest absolute Gasteiger partial charge is 0.0807 e. The van der Waals surface area contributed by atoms with Crippen molar-refractivity contribution in [3.63, 3.8) is 0 Å². The van der Waals surface area contributed by atoms with Crippen molar-refractivity contribution in [1.29, 1.82) is 0 Å². The van der Waals surface area contributed by atoms with E-state index in [4.69, 9.17) is 0 Å². The van der Waals surface area contributed by atoms with Gasteiger partial charge in [-0.2, -0.15) is 0 Å². The van der Waals surface area contributed by atoms with Crippen LogP contribution in [0, 0.1) is 13.8 Å². The first-order valence-electron chi connectivity index (χ1n) is 13.0. The molecular weight excluding hydrogens is 348 g/mol. The third-order valence-electron chi connectivity index (χ3n) is 6.24. The summed E-state index contributed by atoms with van der Waals surface area (Å²) >= 11 is 0. The van der Waals surface area contributed by atoms with E-state index in [2.05, 4.69) is 52.0 Å². The number of aryl methyl sites for hydroxylation is 2. The van der Waals surface area contributed by atoms with Gasteiger partial charge in [-0.25, -0.2) is 0 Å². The molecular formula is C29H50. The lowest BCUT2D eigenvalue weighted by molar-refractivity contribution is 0.578. The van der Waals surface area contributed by atoms with Crippen LogP contribution in [-0.4, -0.2) is 0 Å². The van der Waals surface area contributed by atoms with Crippen molar-refractivity contribution in [3.8, 4) is 0 Å². The fourth-order valence-corrected chi connectivity index (χ4v) is 4.26. The van der Waals surface area contributed by atoms with Crippen molar-refractivity contribution < 1.29 is 0 Å². The van der Waals surface area contributed by atoms with Gasteiger partial charge in [-0.05, 0) is 56.2 Å². The molecule has 0 heteroatoms. The van der Waals surface area contributed by atoms with Crippen LogP contribution in [0.25, 0.3) is 5.57 Å². The highest BCUT2D eigenvalue weighted by Gasteiger charge is 2.06.